The zero-order valence-electron chi connectivity index (χ0n) is 14.5. The SMILES string of the molecule is CC1CCC(NC(=O)CNc2cc([N+](=O)[O-])ccc2NCCO)CC1. The molecule has 8 heteroatoms. The maximum Gasteiger partial charge on any atom is 0.271 e. The van der Waals surface area contributed by atoms with Crippen LogP contribution < -0.4 is 16.0 Å². The highest BCUT2D eigenvalue weighted by Gasteiger charge is 2.20. The average molecular weight is 350 g/mol. The van der Waals surface area contributed by atoms with Gasteiger partial charge in [-0.15, -0.1) is 0 Å². The van der Waals surface area contributed by atoms with Gasteiger partial charge in [-0.3, -0.25) is 14.9 Å². The number of amides is 1. The van der Waals surface area contributed by atoms with Crippen molar-refractivity contribution in [2.24, 2.45) is 5.92 Å². The van der Waals surface area contributed by atoms with Crippen LogP contribution >= 0.6 is 0 Å². The number of hydrogen-bond donors (Lipinski definition) is 4. The molecule has 0 unspecified atom stereocenters. The van der Waals surface area contributed by atoms with Crippen LogP contribution in [0.25, 0.3) is 0 Å². The second-order valence-electron chi connectivity index (χ2n) is 6.52. The fourth-order valence-corrected chi connectivity index (χ4v) is 3.00. The topological polar surface area (TPSA) is 117 Å². The summed E-state index contributed by atoms with van der Waals surface area (Å²) < 4.78 is 0. The Morgan fingerprint density at radius 2 is 1.96 bits per heavy atom. The van der Waals surface area contributed by atoms with Crippen molar-refractivity contribution in [2.75, 3.05) is 30.3 Å². The first-order valence-corrected chi connectivity index (χ1v) is 8.66. The number of anilines is 2. The van der Waals surface area contributed by atoms with E-state index in [4.69, 9.17) is 5.11 Å². The van der Waals surface area contributed by atoms with E-state index in [9.17, 15) is 14.9 Å². The molecule has 0 atom stereocenters. The first kappa shape index (κ1) is 19.0. The Bertz CT molecular complexity index is 600. The molecule has 8 nitrogen and oxygen atoms in total. The molecule has 1 saturated carbocycles. The number of nitro benzene ring substituents is 1. The number of hydrogen-bond acceptors (Lipinski definition) is 6. The molecule has 0 radical (unpaired) electrons. The molecule has 1 aliphatic rings. The summed E-state index contributed by atoms with van der Waals surface area (Å²) in [7, 11) is 0. The summed E-state index contributed by atoms with van der Waals surface area (Å²) in [5.41, 5.74) is 1.02. The van der Waals surface area contributed by atoms with Gasteiger partial charge in [-0.25, -0.2) is 0 Å². The molecule has 0 bridgehead atoms. The molecule has 1 amide bonds. The number of aliphatic hydroxyl groups is 1. The zero-order valence-corrected chi connectivity index (χ0v) is 14.5. The highest BCUT2D eigenvalue weighted by Crippen LogP contribution is 2.27. The van der Waals surface area contributed by atoms with E-state index < -0.39 is 4.92 Å². The highest BCUT2D eigenvalue weighted by atomic mass is 16.6. The van der Waals surface area contributed by atoms with Gasteiger partial charge in [0.2, 0.25) is 5.91 Å². The van der Waals surface area contributed by atoms with Crippen molar-refractivity contribution in [1.29, 1.82) is 0 Å². The van der Waals surface area contributed by atoms with Crippen molar-refractivity contribution in [1.82, 2.24) is 5.32 Å². The molecule has 1 aromatic rings. The number of carbonyl (C=O) groups is 1. The lowest BCUT2D eigenvalue weighted by atomic mass is 9.87. The van der Waals surface area contributed by atoms with Gasteiger partial charge in [0.15, 0.2) is 0 Å². The normalized spacial score (nSPS) is 19.9. The standard InChI is InChI=1S/C17H26N4O4/c1-12-2-4-13(5-3-12)20-17(23)11-19-16-10-14(21(24)25)6-7-15(16)18-8-9-22/h6-7,10,12-13,18-19,22H,2-5,8-9,11H2,1H3,(H,20,23). The second kappa shape index (κ2) is 9.22. The fraction of sp³-hybridized carbons (Fsp3) is 0.588. The number of non-ortho nitro benzene ring substituents is 1. The summed E-state index contributed by atoms with van der Waals surface area (Å²) in [6.45, 7) is 2.53. The summed E-state index contributed by atoms with van der Waals surface area (Å²) in [4.78, 5) is 22.6. The van der Waals surface area contributed by atoms with E-state index in [1.165, 1.54) is 12.1 Å². The molecule has 138 valence electrons. The lowest BCUT2D eigenvalue weighted by molar-refractivity contribution is -0.384. The Hall–Kier alpha value is -2.35. The lowest BCUT2D eigenvalue weighted by Gasteiger charge is -2.27. The van der Waals surface area contributed by atoms with E-state index in [0.717, 1.165) is 31.6 Å². The third-order valence-corrected chi connectivity index (χ3v) is 4.46. The Balaban J connectivity index is 1.94. The maximum absolute atomic E-state index is 12.1. The Kier molecular flexibility index (Phi) is 7.00. The molecule has 0 saturated heterocycles. The summed E-state index contributed by atoms with van der Waals surface area (Å²) >= 11 is 0. The Morgan fingerprint density at radius 1 is 1.24 bits per heavy atom. The minimum atomic E-state index is -0.482. The van der Waals surface area contributed by atoms with Crippen LogP contribution in [0.3, 0.4) is 0 Å². The van der Waals surface area contributed by atoms with E-state index in [1.807, 2.05) is 0 Å². The molecule has 1 aliphatic carbocycles. The third kappa shape index (κ3) is 5.90. The number of carbonyl (C=O) groups excluding carboxylic acids is 1. The predicted molar refractivity (Wildman–Crippen MR) is 96.7 cm³/mol. The van der Waals surface area contributed by atoms with Crippen LogP contribution in [-0.2, 0) is 4.79 Å². The minimum absolute atomic E-state index is 0.0427. The molecule has 0 heterocycles. The molecule has 2 rings (SSSR count). The van der Waals surface area contributed by atoms with Crippen molar-refractivity contribution in [3.63, 3.8) is 0 Å². The van der Waals surface area contributed by atoms with Crippen molar-refractivity contribution in [3.05, 3.63) is 28.3 Å². The quantitative estimate of drug-likeness (QED) is 0.421. The Labute approximate surface area is 147 Å². The highest BCUT2D eigenvalue weighted by molar-refractivity contribution is 5.83. The van der Waals surface area contributed by atoms with Crippen molar-refractivity contribution >= 4 is 23.0 Å². The largest absolute Gasteiger partial charge is 0.395 e. The van der Waals surface area contributed by atoms with Crippen LogP contribution in [0.4, 0.5) is 17.1 Å². The van der Waals surface area contributed by atoms with Crippen molar-refractivity contribution < 1.29 is 14.8 Å². The predicted octanol–water partition coefficient (Wildman–Crippen LogP) is 2.11. The maximum atomic E-state index is 12.1. The Morgan fingerprint density at radius 3 is 2.60 bits per heavy atom. The van der Waals surface area contributed by atoms with Crippen molar-refractivity contribution in [2.45, 2.75) is 38.6 Å². The monoisotopic (exact) mass is 350 g/mol. The van der Waals surface area contributed by atoms with Gasteiger partial charge in [-0.2, -0.15) is 0 Å². The van der Waals surface area contributed by atoms with E-state index >= 15 is 0 Å². The molecule has 1 fully saturated rings. The van der Waals surface area contributed by atoms with Crippen LogP contribution in [0.15, 0.2) is 18.2 Å². The molecule has 1 aromatic carbocycles. The first-order chi connectivity index (χ1) is 12.0. The van der Waals surface area contributed by atoms with Gasteiger partial charge in [0.05, 0.1) is 29.4 Å². The number of aliphatic hydroxyl groups excluding tert-OH is 1. The molecule has 25 heavy (non-hydrogen) atoms. The van der Waals surface area contributed by atoms with Gasteiger partial charge < -0.3 is 21.1 Å². The third-order valence-electron chi connectivity index (χ3n) is 4.46. The van der Waals surface area contributed by atoms with E-state index in [-0.39, 0.29) is 30.8 Å². The minimum Gasteiger partial charge on any atom is -0.395 e. The number of rotatable bonds is 8. The summed E-state index contributed by atoms with van der Waals surface area (Å²) in [5.74, 6) is 0.593. The van der Waals surface area contributed by atoms with Gasteiger partial charge in [0, 0.05) is 24.7 Å². The number of benzene rings is 1. The number of nitrogens with zero attached hydrogens (tertiary/aromatic N) is 1. The van der Waals surface area contributed by atoms with E-state index in [2.05, 4.69) is 22.9 Å². The van der Waals surface area contributed by atoms with E-state index in [0.29, 0.717) is 17.9 Å². The van der Waals surface area contributed by atoms with Crippen LogP contribution in [0.1, 0.15) is 32.6 Å². The zero-order chi connectivity index (χ0) is 18.2. The van der Waals surface area contributed by atoms with Gasteiger partial charge >= 0.3 is 0 Å². The van der Waals surface area contributed by atoms with Crippen LogP contribution in [0.5, 0.6) is 0 Å². The molecular formula is C17H26N4O4. The molecular weight excluding hydrogens is 324 g/mol. The summed E-state index contributed by atoms with van der Waals surface area (Å²) in [6.07, 6.45) is 4.23. The number of nitrogens with one attached hydrogen (secondary N) is 3. The van der Waals surface area contributed by atoms with Crippen LogP contribution in [0.2, 0.25) is 0 Å². The molecule has 4 N–H and O–H groups in total. The second-order valence-corrected chi connectivity index (χ2v) is 6.52. The van der Waals surface area contributed by atoms with Crippen LogP contribution in [0, 0.1) is 16.0 Å². The fourth-order valence-electron chi connectivity index (χ4n) is 3.00. The van der Waals surface area contributed by atoms with Gasteiger partial charge in [-0.1, -0.05) is 6.92 Å². The lowest BCUT2D eigenvalue weighted by Crippen LogP contribution is -2.40. The molecule has 0 aliphatic heterocycles. The summed E-state index contributed by atoms with van der Waals surface area (Å²) in [6, 6.07) is 4.54. The smallest absolute Gasteiger partial charge is 0.271 e. The number of nitro groups is 1. The van der Waals surface area contributed by atoms with E-state index in [1.54, 1.807) is 6.07 Å². The first-order valence-electron chi connectivity index (χ1n) is 8.66. The van der Waals surface area contributed by atoms with Crippen molar-refractivity contribution in [3.8, 4) is 0 Å². The van der Waals surface area contributed by atoms with Gasteiger partial charge in [0.25, 0.3) is 5.69 Å². The molecule has 0 aromatic heterocycles. The van der Waals surface area contributed by atoms with Gasteiger partial charge in [0.1, 0.15) is 0 Å². The van der Waals surface area contributed by atoms with Crippen LogP contribution in [-0.4, -0.2) is 41.7 Å². The average Bonchev–Trinajstić information content (AvgIpc) is 2.60. The van der Waals surface area contributed by atoms with Gasteiger partial charge in [-0.05, 0) is 37.7 Å². The summed E-state index contributed by atoms with van der Waals surface area (Å²) in [5, 5.41) is 28.8. The molecule has 0 spiro atoms.